The number of nitrogens with zero attached hydrogens (tertiary/aromatic N) is 2. The average Bonchev–Trinajstić information content (AvgIpc) is 2.46. The topological polar surface area (TPSA) is 76.6 Å². The van der Waals surface area contributed by atoms with Gasteiger partial charge in [-0.2, -0.15) is 0 Å². The van der Waals surface area contributed by atoms with Crippen molar-refractivity contribution >= 4 is 15.9 Å². The van der Waals surface area contributed by atoms with Crippen LogP contribution in [0.4, 0.5) is 4.79 Å². The Bertz CT molecular complexity index is 638. The molecule has 2 rings (SSSR count). The van der Waals surface area contributed by atoms with Crippen molar-refractivity contribution in [3.63, 3.8) is 0 Å². The molecule has 2 heterocycles. The molecule has 1 saturated heterocycles. The number of hydrogen-bond donors (Lipinski definition) is 0. The number of sulfone groups is 1. The van der Waals surface area contributed by atoms with Crippen molar-refractivity contribution in [2.75, 3.05) is 13.1 Å². The first-order valence-corrected chi connectivity index (χ1v) is 9.47. The lowest BCUT2D eigenvalue weighted by atomic mass is 10.1. The molecule has 1 amide bonds. The van der Waals surface area contributed by atoms with E-state index in [0.29, 0.717) is 19.4 Å². The van der Waals surface area contributed by atoms with Crippen LogP contribution in [-0.2, 0) is 20.3 Å². The molecular formula is C16H24N2O4S. The standard InChI is InChI=1S/C16H24N2O4S/c1-16(2,3)22-15(19)18-10-4-5-14(11-18)23(20,21)12-13-6-8-17-9-7-13/h6-9,14H,4-5,10-12H2,1-3H3/t14-/m1/s1. The van der Waals surface area contributed by atoms with E-state index in [1.807, 2.05) is 0 Å². The maximum Gasteiger partial charge on any atom is 0.410 e. The molecule has 0 spiro atoms. The smallest absolute Gasteiger partial charge is 0.410 e. The predicted octanol–water partition coefficient (Wildman–Crippen LogP) is 2.40. The number of rotatable bonds is 3. The summed E-state index contributed by atoms with van der Waals surface area (Å²) < 4.78 is 30.6. The molecule has 7 heteroatoms. The second-order valence-corrected chi connectivity index (χ2v) is 9.13. The largest absolute Gasteiger partial charge is 0.444 e. The van der Waals surface area contributed by atoms with Crippen molar-refractivity contribution in [1.29, 1.82) is 0 Å². The van der Waals surface area contributed by atoms with Gasteiger partial charge in [0.25, 0.3) is 0 Å². The van der Waals surface area contributed by atoms with Crippen molar-refractivity contribution < 1.29 is 17.9 Å². The van der Waals surface area contributed by atoms with E-state index < -0.39 is 26.8 Å². The Labute approximate surface area is 137 Å². The average molecular weight is 340 g/mol. The summed E-state index contributed by atoms with van der Waals surface area (Å²) in [6.45, 7) is 6.13. The van der Waals surface area contributed by atoms with Crippen LogP contribution in [0.3, 0.4) is 0 Å². The Morgan fingerprint density at radius 1 is 1.35 bits per heavy atom. The van der Waals surface area contributed by atoms with Gasteiger partial charge in [-0.25, -0.2) is 13.2 Å². The van der Waals surface area contributed by atoms with Gasteiger partial charge in [0.05, 0.1) is 11.0 Å². The number of ether oxygens (including phenoxy) is 1. The van der Waals surface area contributed by atoms with E-state index in [0.717, 1.165) is 5.56 Å². The predicted molar refractivity (Wildman–Crippen MR) is 87.7 cm³/mol. The fourth-order valence-electron chi connectivity index (χ4n) is 2.55. The van der Waals surface area contributed by atoms with Crippen molar-refractivity contribution in [3.05, 3.63) is 30.1 Å². The van der Waals surface area contributed by atoms with Gasteiger partial charge in [0.1, 0.15) is 5.60 Å². The van der Waals surface area contributed by atoms with Gasteiger partial charge in [0, 0.05) is 25.5 Å². The van der Waals surface area contributed by atoms with E-state index in [-0.39, 0.29) is 12.3 Å². The van der Waals surface area contributed by atoms with E-state index in [1.165, 1.54) is 4.90 Å². The van der Waals surface area contributed by atoms with E-state index in [1.54, 1.807) is 45.3 Å². The second kappa shape index (κ2) is 6.86. The number of amides is 1. The minimum Gasteiger partial charge on any atom is -0.444 e. The molecule has 1 fully saturated rings. The Morgan fingerprint density at radius 2 is 2.00 bits per heavy atom. The van der Waals surface area contributed by atoms with Crippen LogP contribution >= 0.6 is 0 Å². The molecule has 1 aliphatic heterocycles. The Balaban J connectivity index is 2.04. The summed E-state index contributed by atoms with van der Waals surface area (Å²) >= 11 is 0. The third kappa shape index (κ3) is 5.20. The van der Waals surface area contributed by atoms with E-state index in [4.69, 9.17) is 4.74 Å². The fourth-order valence-corrected chi connectivity index (χ4v) is 4.38. The highest BCUT2D eigenvalue weighted by atomic mass is 32.2. The molecule has 1 atom stereocenters. The summed E-state index contributed by atoms with van der Waals surface area (Å²) in [6, 6.07) is 3.40. The first-order chi connectivity index (χ1) is 10.7. The number of aromatic nitrogens is 1. The Kier molecular flexibility index (Phi) is 5.29. The monoisotopic (exact) mass is 340 g/mol. The van der Waals surface area contributed by atoms with Gasteiger partial charge >= 0.3 is 6.09 Å². The van der Waals surface area contributed by atoms with E-state index >= 15 is 0 Å². The molecule has 23 heavy (non-hydrogen) atoms. The van der Waals surface area contributed by atoms with Crippen molar-refractivity contribution in [2.24, 2.45) is 0 Å². The van der Waals surface area contributed by atoms with Crippen molar-refractivity contribution in [1.82, 2.24) is 9.88 Å². The Morgan fingerprint density at radius 3 is 2.61 bits per heavy atom. The number of carbonyl (C=O) groups excluding carboxylic acids is 1. The third-order valence-corrected chi connectivity index (χ3v) is 5.79. The molecule has 6 nitrogen and oxygen atoms in total. The second-order valence-electron chi connectivity index (χ2n) is 6.85. The van der Waals surface area contributed by atoms with Crippen LogP contribution in [-0.4, -0.2) is 48.3 Å². The summed E-state index contributed by atoms with van der Waals surface area (Å²) in [4.78, 5) is 17.5. The van der Waals surface area contributed by atoms with Gasteiger partial charge in [0.15, 0.2) is 9.84 Å². The number of hydrogen-bond acceptors (Lipinski definition) is 5. The summed E-state index contributed by atoms with van der Waals surface area (Å²) in [5.74, 6) is -0.0255. The highest BCUT2D eigenvalue weighted by Crippen LogP contribution is 2.22. The molecule has 0 radical (unpaired) electrons. The van der Waals surface area contributed by atoms with Gasteiger partial charge in [-0.15, -0.1) is 0 Å². The fraction of sp³-hybridized carbons (Fsp3) is 0.625. The SMILES string of the molecule is CC(C)(C)OC(=O)N1CCC[C@@H](S(=O)(=O)Cc2ccncc2)C1. The molecule has 0 N–H and O–H groups in total. The lowest BCUT2D eigenvalue weighted by Crippen LogP contribution is -2.47. The minimum atomic E-state index is -3.32. The maximum absolute atomic E-state index is 12.6. The molecule has 0 aliphatic carbocycles. The van der Waals surface area contributed by atoms with Gasteiger partial charge < -0.3 is 9.64 Å². The lowest BCUT2D eigenvalue weighted by molar-refractivity contribution is 0.0219. The summed E-state index contributed by atoms with van der Waals surface area (Å²) in [5.41, 5.74) is 0.134. The molecule has 0 unspecified atom stereocenters. The zero-order valence-corrected chi connectivity index (χ0v) is 14.7. The van der Waals surface area contributed by atoms with Crippen LogP contribution in [0.25, 0.3) is 0 Å². The molecule has 1 aliphatic rings. The molecule has 128 valence electrons. The van der Waals surface area contributed by atoms with Crippen LogP contribution < -0.4 is 0 Å². The van der Waals surface area contributed by atoms with Gasteiger partial charge in [-0.05, 0) is 51.3 Å². The highest BCUT2D eigenvalue weighted by Gasteiger charge is 2.34. The minimum absolute atomic E-state index is 0.0255. The summed E-state index contributed by atoms with van der Waals surface area (Å²) in [7, 11) is -3.32. The van der Waals surface area contributed by atoms with Gasteiger partial charge in [-0.3, -0.25) is 4.98 Å². The summed E-state index contributed by atoms with van der Waals surface area (Å²) in [5, 5.41) is -0.545. The van der Waals surface area contributed by atoms with Crippen molar-refractivity contribution in [3.8, 4) is 0 Å². The third-order valence-electron chi connectivity index (χ3n) is 3.65. The quantitative estimate of drug-likeness (QED) is 0.844. The molecular weight excluding hydrogens is 316 g/mol. The summed E-state index contributed by atoms with van der Waals surface area (Å²) in [6.07, 6.45) is 3.96. The van der Waals surface area contributed by atoms with Crippen LogP contribution in [0.15, 0.2) is 24.5 Å². The zero-order chi connectivity index (χ0) is 17.1. The first-order valence-electron chi connectivity index (χ1n) is 7.76. The molecule has 0 aromatic carbocycles. The molecule has 0 bridgehead atoms. The normalized spacial score (nSPS) is 19.4. The lowest BCUT2D eigenvalue weighted by Gasteiger charge is -2.33. The first kappa shape index (κ1) is 17.7. The van der Waals surface area contributed by atoms with Crippen LogP contribution in [0.2, 0.25) is 0 Å². The molecule has 1 aromatic rings. The highest BCUT2D eigenvalue weighted by molar-refractivity contribution is 7.91. The van der Waals surface area contributed by atoms with Crippen LogP contribution in [0, 0.1) is 0 Å². The van der Waals surface area contributed by atoms with E-state index in [2.05, 4.69) is 4.98 Å². The maximum atomic E-state index is 12.6. The zero-order valence-electron chi connectivity index (χ0n) is 13.9. The number of piperidine rings is 1. The number of carbonyl (C=O) groups is 1. The molecule has 1 aromatic heterocycles. The van der Waals surface area contributed by atoms with Gasteiger partial charge in [0.2, 0.25) is 0 Å². The number of pyridine rings is 1. The molecule has 0 saturated carbocycles. The van der Waals surface area contributed by atoms with Crippen LogP contribution in [0.5, 0.6) is 0 Å². The number of likely N-dealkylation sites (tertiary alicyclic amines) is 1. The van der Waals surface area contributed by atoms with Crippen LogP contribution in [0.1, 0.15) is 39.2 Å². The Hall–Kier alpha value is -1.63. The van der Waals surface area contributed by atoms with Crippen molar-refractivity contribution in [2.45, 2.75) is 50.2 Å². The van der Waals surface area contributed by atoms with E-state index in [9.17, 15) is 13.2 Å². The van der Waals surface area contributed by atoms with Gasteiger partial charge in [-0.1, -0.05) is 0 Å².